The number of aromatic nitrogens is 3. The number of aliphatic imine (C=N–C) groups is 1. The van der Waals surface area contributed by atoms with Crippen molar-refractivity contribution >= 4 is 23.5 Å². The average molecular weight is 409 g/mol. The first kappa shape index (κ1) is 20.5. The van der Waals surface area contributed by atoms with Crippen LogP contribution in [-0.2, 0) is 11.3 Å². The molecular formula is C20H19N5O3S. The fourth-order valence-electron chi connectivity index (χ4n) is 2.41. The number of thioether (sulfide) groups is 1. The van der Waals surface area contributed by atoms with Crippen LogP contribution < -0.4 is 9.79 Å². The van der Waals surface area contributed by atoms with Gasteiger partial charge in [-0.25, -0.2) is 9.98 Å². The lowest BCUT2D eigenvalue weighted by Crippen LogP contribution is -2.36. The Bertz CT molecular complexity index is 1040. The number of hydrogen-bond donors (Lipinski definition) is 0. The van der Waals surface area contributed by atoms with Crippen LogP contribution in [0.25, 0.3) is 11.3 Å². The molecule has 9 heteroatoms. The molecule has 0 spiro atoms. The van der Waals surface area contributed by atoms with E-state index in [-0.39, 0.29) is 11.6 Å². The van der Waals surface area contributed by atoms with E-state index < -0.39 is 5.90 Å². The van der Waals surface area contributed by atoms with Crippen molar-refractivity contribution in [1.29, 1.82) is 5.26 Å². The molecule has 0 aliphatic carbocycles. The summed E-state index contributed by atoms with van der Waals surface area (Å²) in [6.07, 6.45) is 1.53. The van der Waals surface area contributed by atoms with Gasteiger partial charge in [-0.15, -0.1) is 0 Å². The van der Waals surface area contributed by atoms with E-state index in [1.165, 1.54) is 22.6 Å². The Morgan fingerprint density at radius 1 is 1.31 bits per heavy atom. The third kappa shape index (κ3) is 5.63. The molecule has 0 aliphatic heterocycles. The third-order valence-electron chi connectivity index (χ3n) is 3.92. The van der Waals surface area contributed by atoms with E-state index >= 15 is 0 Å². The highest BCUT2D eigenvalue weighted by molar-refractivity contribution is 7.99. The summed E-state index contributed by atoms with van der Waals surface area (Å²) in [5.74, 6) is -0.261. The van der Waals surface area contributed by atoms with Gasteiger partial charge in [-0.2, -0.15) is 5.26 Å². The first-order valence-corrected chi connectivity index (χ1v) is 9.78. The van der Waals surface area contributed by atoms with Crippen molar-refractivity contribution in [2.45, 2.75) is 18.5 Å². The largest absolute Gasteiger partial charge is 0.861 e. The second-order valence-corrected chi connectivity index (χ2v) is 7.08. The van der Waals surface area contributed by atoms with Gasteiger partial charge < -0.3 is 9.84 Å². The number of methoxy groups -OCH3 is 1. The summed E-state index contributed by atoms with van der Waals surface area (Å²) in [7, 11) is 1.59. The van der Waals surface area contributed by atoms with E-state index in [9.17, 15) is 10.4 Å². The normalized spacial score (nSPS) is 11.4. The molecule has 0 aliphatic rings. The summed E-state index contributed by atoms with van der Waals surface area (Å²) >= 11 is 1.17. The van der Waals surface area contributed by atoms with Crippen LogP contribution in [0.5, 0.6) is 0 Å². The summed E-state index contributed by atoms with van der Waals surface area (Å²) in [6, 6.07) is 13.6. The van der Waals surface area contributed by atoms with Crippen LogP contribution >= 0.6 is 11.8 Å². The maximum atomic E-state index is 12.2. The molecule has 0 amide bonds. The number of pyridine rings is 1. The van der Waals surface area contributed by atoms with Crippen molar-refractivity contribution in [2.24, 2.45) is 4.99 Å². The topological polar surface area (TPSA) is 111 Å². The van der Waals surface area contributed by atoms with Gasteiger partial charge >= 0.3 is 5.88 Å². The second-order valence-electron chi connectivity index (χ2n) is 6.12. The van der Waals surface area contributed by atoms with Gasteiger partial charge in [0, 0.05) is 18.4 Å². The van der Waals surface area contributed by atoms with E-state index in [1.54, 1.807) is 19.2 Å². The predicted octanol–water partition coefficient (Wildman–Crippen LogP) is 2.03. The molecule has 0 radical (unpaired) electrons. The number of hydrogen-bond acceptors (Lipinski definition) is 8. The van der Waals surface area contributed by atoms with Crippen molar-refractivity contribution < 1.29 is 19.0 Å². The Hall–Kier alpha value is -3.22. The van der Waals surface area contributed by atoms with Gasteiger partial charge in [0.1, 0.15) is 17.7 Å². The summed E-state index contributed by atoms with van der Waals surface area (Å²) < 4.78 is 11.5. The molecule has 0 fully saturated rings. The number of aryl methyl sites for hydroxylation is 1. The van der Waals surface area contributed by atoms with Crippen LogP contribution in [0.3, 0.4) is 0 Å². The van der Waals surface area contributed by atoms with E-state index in [0.29, 0.717) is 23.7 Å². The predicted molar refractivity (Wildman–Crippen MR) is 106 cm³/mol. The van der Waals surface area contributed by atoms with Crippen LogP contribution in [0.1, 0.15) is 11.1 Å². The van der Waals surface area contributed by atoms with Crippen LogP contribution in [0.2, 0.25) is 0 Å². The Labute approximate surface area is 172 Å². The molecule has 0 unspecified atom stereocenters. The molecule has 2 aromatic heterocycles. The maximum Gasteiger partial charge on any atom is 0.320 e. The highest BCUT2D eigenvalue weighted by Crippen LogP contribution is 2.25. The lowest BCUT2D eigenvalue weighted by molar-refractivity contribution is -0.763. The zero-order valence-electron chi connectivity index (χ0n) is 16.0. The molecule has 0 saturated carbocycles. The van der Waals surface area contributed by atoms with Crippen molar-refractivity contribution in [3.63, 3.8) is 0 Å². The maximum absolute atomic E-state index is 12.2. The molecule has 1 aromatic carbocycles. The van der Waals surface area contributed by atoms with Crippen molar-refractivity contribution in [1.82, 2.24) is 10.3 Å². The molecule has 2 heterocycles. The minimum Gasteiger partial charge on any atom is -0.861 e. The molecule has 0 atom stereocenters. The van der Waals surface area contributed by atoms with Gasteiger partial charge in [0.15, 0.2) is 0 Å². The lowest BCUT2D eigenvalue weighted by atomic mass is 10.1. The molecule has 148 valence electrons. The van der Waals surface area contributed by atoms with Gasteiger partial charge in [-0.05, 0) is 29.6 Å². The van der Waals surface area contributed by atoms with Crippen molar-refractivity contribution in [3.8, 4) is 17.3 Å². The molecule has 0 bridgehead atoms. The summed E-state index contributed by atoms with van der Waals surface area (Å²) in [5.41, 5.74) is 3.25. The minimum atomic E-state index is -0.406. The molecular weight excluding hydrogens is 390 g/mol. The Kier molecular flexibility index (Phi) is 6.94. The minimum absolute atomic E-state index is 0.0256. The summed E-state index contributed by atoms with van der Waals surface area (Å²) in [4.78, 5) is 8.44. The third-order valence-corrected chi connectivity index (χ3v) is 4.89. The number of benzene rings is 1. The zero-order valence-corrected chi connectivity index (χ0v) is 16.8. The fourth-order valence-corrected chi connectivity index (χ4v) is 3.17. The van der Waals surface area contributed by atoms with Gasteiger partial charge in [-0.3, -0.25) is 4.52 Å². The van der Waals surface area contributed by atoms with Crippen LogP contribution in [0, 0.1) is 18.3 Å². The first-order chi connectivity index (χ1) is 14.1. The summed E-state index contributed by atoms with van der Waals surface area (Å²) in [5, 5.41) is 25.8. The van der Waals surface area contributed by atoms with Crippen molar-refractivity contribution in [2.75, 3.05) is 19.5 Å². The number of nitriles is 1. The standard InChI is InChI=1S/C20H19N5O3S/c1-14-3-5-15(6-4-14)17-8-7-16(11-21)20(22-17)29-13-18(26)23-19-12-25(24-28-19)9-10-27-2/h3-8,12H,9-10,13H2,1-2H3. The van der Waals surface area contributed by atoms with Gasteiger partial charge in [0.2, 0.25) is 11.8 Å². The van der Waals surface area contributed by atoms with Crippen LogP contribution in [0.15, 0.2) is 57.1 Å². The van der Waals surface area contributed by atoms with Gasteiger partial charge in [0.05, 0.1) is 11.3 Å². The molecule has 3 rings (SSSR count). The molecule has 3 aromatic rings. The van der Waals surface area contributed by atoms with E-state index in [4.69, 9.17) is 9.26 Å². The lowest BCUT2D eigenvalue weighted by Gasteiger charge is -2.10. The smallest absolute Gasteiger partial charge is 0.320 e. The number of rotatable bonds is 8. The first-order valence-electron chi connectivity index (χ1n) is 8.80. The molecule has 8 nitrogen and oxygen atoms in total. The van der Waals surface area contributed by atoms with Crippen molar-refractivity contribution in [3.05, 3.63) is 53.7 Å². The Balaban J connectivity index is 1.71. The van der Waals surface area contributed by atoms with Gasteiger partial charge in [0.25, 0.3) is 6.20 Å². The van der Waals surface area contributed by atoms with E-state index in [0.717, 1.165) is 16.8 Å². The highest BCUT2D eigenvalue weighted by atomic mass is 32.2. The molecule has 0 saturated heterocycles. The second kappa shape index (κ2) is 9.82. The SMILES string of the molecule is COCC[n+]1cc(/N=C(\[O-])CSc2nc(-c3ccc(C)cc3)ccc2C#N)on1. The van der Waals surface area contributed by atoms with Gasteiger partial charge in [-0.1, -0.05) is 41.6 Å². The van der Waals surface area contributed by atoms with Crippen LogP contribution in [0.4, 0.5) is 5.88 Å². The zero-order chi connectivity index (χ0) is 20.6. The highest BCUT2D eigenvalue weighted by Gasteiger charge is 2.11. The quantitative estimate of drug-likeness (QED) is 0.242. The fraction of sp³-hybridized carbons (Fsp3) is 0.250. The van der Waals surface area contributed by atoms with Crippen LogP contribution in [-0.4, -0.2) is 35.6 Å². The average Bonchev–Trinajstić information content (AvgIpc) is 3.18. The molecule has 0 N–H and O–H groups in total. The summed E-state index contributed by atoms with van der Waals surface area (Å²) in [6.45, 7) is 2.99. The molecule has 29 heavy (non-hydrogen) atoms. The number of ether oxygens (including phenoxy) is 1. The van der Waals surface area contributed by atoms with E-state index in [1.807, 2.05) is 31.2 Å². The number of nitrogens with zero attached hydrogens (tertiary/aromatic N) is 5. The van der Waals surface area contributed by atoms with E-state index in [2.05, 4.69) is 21.3 Å². The Morgan fingerprint density at radius 2 is 2.10 bits per heavy atom. The Morgan fingerprint density at radius 3 is 2.83 bits per heavy atom. The monoisotopic (exact) mass is 409 g/mol.